The number of unbranched alkanes of at least 4 members (excludes halogenated alkanes) is 2. The summed E-state index contributed by atoms with van der Waals surface area (Å²) in [7, 11) is 0. The SMILES string of the molecule is CC(=O)NCCCCCC(=O)NCC1CN(Cc2ccccc2)CCO1. The molecule has 6 nitrogen and oxygen atoms in total. The summed E-state index contributed by atoms with van der Waals surface area (Å²) in [6, 6.07) is 10.4. The molecule has 1 aromatic rings. The van der Waals surface area contributed by atoms with Gasteiger partial charge in [-0.25, -0.2) is 0 Å². The Morgan fingerprint density at radius 1 is 1.15 bits per heavy atom. The lowest BCUT2D eigenvalue weighted by atomic mass is 10.1. The van der Waals surface area contributed by atoms with Gasteiger partial charge in [-0.2, -0.15) is 0 Å². The Morgan fingerprint density at radius 3 is 2.73 bits per heavy atom. The second-order valence-electron chi connectivity index (χ2n) is 6.81. The molecule has 0 aromatic heterocycles. The second-order valence-corrected chi connectivity index (χ2v) is 6.81. The highest BCUT2D eigenvalue weighted by atomic mass is 16.5. The largest absolute Gasteiger partial charge is 0.374 e. The molecule has 144 valence electrons. The van der Waals surface area contributed by atoms with E-state index in [-0.39, 0.29) is 17.9 Å². The normalized spacial score (nSPS) is 17.7. The maximum absolute atomic E-state index is 11.9. The van der Waals surface area contributed by atoms with Crippen LogP contribution in [0.2, 0.25) is 0 Å². The van der Waals surface area contributed by atoms with Crippen LogP contribution in [0.1, 0.15) is 38.2 Å². The van der Waals surface area contributed by atoms with Gasteiger partial charge in [-0.05, 0) is 18.4 Å². The van der Waals surface area contributed by atoms with E-state index in [2.05, 4.69) is 39.8 Å². The summed E-state index contributed by atoms with van der Waals surface area (Å²) in [6.45, 7) is 6.15. The highest BCUT2D eigenvalue weighted by Crippen LogP contribution is 2.10. The lowest BCUT2D eigenvalue weighted by Gasteiger charge is -2.33. The number of rotatable bonds is 10. The smallest absolute Gasteiger partial charge is 0.220 e. The van der Waals surface area contributed by atoms with E-state index in [1.54, 1.807) is 0 Å². The molecule has 1 fully saturated rings. The van der Waals surface area contributed by atoms with E-state index in [1.807, 2.05) is 6.07 Å². The van der Waals surface area contributed by atoms with Crippen LogP contribution in [-0.2, 0) is 20.9 Å². The van der Waals surface area contributed by atoms with Gasteiger partial charge < -0.3 is 15.4 Å². The van der Waals surface area contributed by atoms with Crippen LogP contribution in [0.3, 0.4) is 0 Å². The quantitative estimate of drug-likeness (QED) is 0.622. The van der Waals surface area contributed by atoms with Crippen LogP contribution in [0.25, 0.3) is 0 Å². The van der Waals surface area contributed by atoms with Gasteiger partial charge in [-0.3, -0.25) is 14.5 Å². The van der Waals surface area contributed by atoms with Crippen molar-refractivity contribution in [2.45, 2.75) is 45.3 Å². The summed E-state index contributed by atoms with van der Waals surface area (Å²) in [6.07, 6.45) is 3.28. The molecular formula is C20H31N3O3. The Balaban J connectivity index is 1.56. The van der Waals surface area contributed by atoms with Gasteiger partial charge in [0.1, 0.15) is 0 Å². The molecule has 2 amide bonds. The third-order valence-electron chi connectivity index (χ3n) is 4.45. The summed E-state index contributed by atoms with van der Waals surface area (Å²) >= 11 is 0. The maximum Gasteiger partial charge on any atom is 0.220 e. The van der Waals surface area contributed by atoms with E-state index < -0.39 is 0 Å². The lowest BCUT2D eigenvalue weighted by molar-refractivity contribution is -0.122. The molecule has 1 aromatic carbocycles. The highest BCUT2D eigenvalue weighted by molar-refractivity contribution is 5.75. The molecule has 1 saturated heterocycles. The zero-order chi connectivity index (χ0) is 18.6. The molecule has 1 aliphatic heterocycles. The average molecular weight is 361 g/mol. The first kappa shape index (κ1) is 20.4. The molecule has 6 heteroatoms. The summed E-state index contributed by atoms with van der Waals surface area (Å²) in [5.41, 5.74) is 1.30. The Bertz CT molecular complexity index is 550. The lowest BCUT2D eigenvalue weighted by Crippen LogP contribution is -2.47. The summed E-state index contributed by atoms with van der Waals surface area (Å²) in [5, 5.41) is 5.75. The number of ether oxygens (including phenoxy) is 1. The number of hydrogen-bond acceptors (Lipinski definition) is 4. The van der Waals surface area contributed by atoms with Crippen LogP contribution in [0.5, 0.6) is 0 Å². The van der Waals surface area contributed by atoms with Gasteiger partial charge in [0.15, 0.2) is 0 Å². The molecule has 1 atom stereocenters. The van der Waals surface area contributed by atoms with E-state index in [0.717, 1.165) is 38.9 Å². The van der Waals surface area contributed by atoms with Crippen molar-refractivity contribution in [3.8, 4) is 0 Å². The van der Waals surface area contributed by atoms with Gasteiger partial charge in [0.05, 0.1) is 12.7 Å². The molecule has 0 bridgehead atoms. The molecular weight excluding hydrogens is 330 g/mol. The van der Waals surface area contributed by atoms with E-state index in [4.69, 9.17) is 4.74 Å². The molecule has 0 aliphatic carbocycles. The Morgan fingerprint density at radius 2 is 1.96 bits per heavy atom. The Labute approximate surface area is 156 Å². The van der Waals surface area contributed by atoms with Crippen LogP contribution >= 0.6 is 0 Å². The van der Waals surface area contributed by atoms with Crippen molar-refractivity contribution in [1.82, 2.24) is 15.5 Å². The second kappa shape index (κ2) is 11.6. The number of nitrogens with zero attached hydrogens (tertiary/aromatic N) is 1. The van der Waals surface area contributed by atoms with Crippen molar-refractivity contribution >= 4 is 11.8 Å². The van der Waals surface area contributed by atoms with Crippen LogP contribution < -0.4 is 10.6 Å². The van der Waals surface area contributed by atoms with Crippen molar-refractivity contribution in [3.63, 3.8) is 0 Å². The monoisotopic (exact) mass is 361 g/mol. The molecule has 0 spiro atoms. The number of nitrogens with one attached hydrogen (secondary N) is 2. The topological polar surface area (TPSA) is 70.7 Å². The fraction of sp³-hybridized carbons (Fsp3) is 0.600. The van der Waals surface area contributed by atoms with Gasteiger partial charge in [-0.1, -0.05) is 36.8 Å². The molecule has 1 heterocycles. The average Bonchev–Trinajstić information content (AvgIpc) is 2.64. The molecule has 2 N–H and O–H groups in total. The minimum Gasteiger partial charge on any atom is -0.374 e. The van der Waals surface area contributed by atoms with Crippen molar-refractivity contribution in [2.24, 2.45) is 0 Å². The highest BCUT2D eigenvalue weighted by Gasteiger charge is 2.20. The summed E-state index contributed by atoms with van der Waals surface area (Å²) < 4.78 is 5.78. The predicted octanol–water partition coefficient (Wildman–Crippen LogP) is 1.70. The fourth-order valence-electron chi connectivity index (χ4n) is 3.06. The summed E-state index contributed by atoms with van der Waals surface area (Å²) in [4.78, 5) is 25.1. The minimum absolute atomic E-state index is 0.00321. The van der Waals surface area contributed by atoms with E-state index in [9.17, 15) is 9.59 Å². The van der Waals surface area contributed by atoms with Crippen molar-refractivity contribution < 1.29 is 14.3 Å². The molecule has 0 saturated carbocycles. The number of morpholine rings is 1. The van der Waals surface area contributed by atoms with Gasteiger partial charge in [0, 0.05) is 46.1 Å². The van der Waals surface area contributed by atoms with Crippen molar-refractivity contribution in [1.29, 1.82) is 0 Å². The van der Waals surface area contributed by atoms with Crippen molar-refractivity contribution in [3.05, 3.63) is 35.9 Å². The van der Waals surface area contributed by atoms with Crippen LogP contribution in [-0.4, -0.2) is 55.6 Å². The molecule has 1 aliphatic rings. The van der Waals surface area contributed by atoms with Gasteiger partial charge in [0.25, 0.3) is 0 Å². The number of amides is 2. The number of hydrogen-bond donors (Lipinski definition) is 2. The predicted molar refractivity (Wildman–Crippen MR) is 102 cm³/mol. The zero-order valence-corrected chi connectivity index (χ0v) is 15.7. The summed E-state index contributed by atoms with van der Waals surface area (Å²) in [5.74, 6) is 0.0739. The molecule has 1 unspecified atom stereocenters. The molecule has 0 radical (unpaired) electrons. The number of carbonyl (C=O) groups excluding carboxylic acids is 2. The third-order valence-corrected chi connectivity index (χ3v) is 4.45. The molecule has 2 rings (SSSR count). The first-order valence-electron chi connectivity index (χ1n) is 9.52. The van der Waals surface area contributed by atoms with Gasteiger partial charge in [-0.15, -0.1) is 0 Å². The van der Waals surface area contributed by atoms with Gasteiger partial charge in [0.2, 0.25) is 11.8 Å². The first-order valence-corrected chi connectivity index (χ1v) is 9.52. The first-order chi connectivity index (χ1) is 12.6. The van der Waals surface area contributed by atoms with Crippen LogP contribution in [0, 0.1) is 0 Å². The fourth-order valence-corrected chi connectivity index (χ4v) is 3.06. The van der Waals surface area contributed by atoms with E-state index in [0.29, 0.717) is 26.1 Å². The Hall–Kier alpha value is -1.92. The van der Waals surface area contributed by atoms with Crippen LogP contribution in [0.4, 0.5) is 0 Å². The van der Waals surface area contributed by atoms with Gasteiger partial charge >= 0.3 is 0 Å². The van der Waals surface area contributed by atoms with Crippen LogP contribution in [0.15, 0.2) is 30.3 Å². The standard InChI is InChI=1S/C20H31N3O3/c1-17(24)21-11-7-3-6-10-20(25)22-14-19-16-23(12-13-26-19)15-18-8-4-2-5-9-18/h2,4-5,8-9,19H,3,6-7,10-16H2,1H3,(H,21,24)(H,22,25). The minimum atomic E-state index is -0.00321. The van der Waals surface area contributed by atoms with E-state index in [1.165, 1.54) is 12.5 Å². The Kier molecular flexibility index (Phi) is 9.14. The molecule has 26 heavy (non-hydrogen) atoms. The van der Waals surface area contributed by atoms with Crippen molar-refractivity contribution in [2.75, 3.05) is 32.8 Å². The third kappa shape index (κ3) is 8.45. The number of carbonyl (C=O) groups is 2. The van der Waals surface area contributed by atoms with E-state index >= 15 is 0 Å². The maximum atomic E-state index is 11.9. The number of benzene rings is 1. The zero-order valence-electron chi connectivity index (χ0n) is 15.7.